The van der Waals surface area contributed by atoms with Crippen molar-refractivity contribution in [1.29, 1.82) is 0 Å². The van der Waals surface area contributed by atoms with Crippen LogP contribution in [0, 0.1) is 5.82 Å². The number of hydrogen-bond acceptors (Lipinski definition) is 1. The maximum atomic E-state index is 13.8. The Labute approximate surface area is 143 Å². The highest BCUT2D eigenvalue weighted by atomic mass is 79.9. The van der Waals surface area contributed by atoms with Gasteiger partial charge in [0.15, 0.2) is 0 Å². The van der Waals surface area contributed by atoms with Gasteiger partial charge in [0, 0.05) is 10.5 Å². The van der Waals surface area contributed by atoms with Gasteiger partial charge in [-0.1, -0.05) is 34.1 Å². The zero-order valence-corrected chi connectivity index (χ0v) is 14.7. The van der Waals surface area contributed by atoms with Crippen LogP contribution in [0.2, 0.25) is 0 Å². The molecular formula is C15H10Br2ClFN2. The van der Waals surface area contributed by atoms with Crippen LogP contribution in [0.1, 0.15) is 11.4 Å². The van der Waals surface area contributed by atoms with E-state index in [2.05, 4.69) is 36.8 Å². The molecule has 0 spiro atoms. The van der Waals surface area contributed by atoms with Crippen LogP contribution in [0.5, 0.6) is 0 Å². The minimum absolute atomic E-state index is 0.276. The monoisotopic (exact) mass is 430 g/mol. The zero-order chi connectivity index (χ0) is 15.0. The van der Waals surface area contributed by atoms with Crippen molar-refractivity contribution in [3.63, 3.8) is 0 Å². The van der Waals surface area contributed by atoms with Crippen molar-refractivity contribution in [2.75, 3.05) is 0 Å². The summed E-state index contributed by atoms with van der Waals surface area (Å²) in [4.78, 5) is 4.48. The molecule has 2 nitrogen and oxygen atoms in total. The number of aromatic nitrogens is 2. The molecule has 3 rings (SSSR count). The van der Waals surface area contributed by atoms with Gasteiger partial charge in [-0.25, -0.2) is 9.37 Å². The first-order valence-corrected chi connectivity index (χ1v) is 8.35. The SMILES string of the molecule is Fc1cc2c(cc1Br)nc(CCl)n2Cc1ccccc1Br. The molecule has 0 bridgehead atoms. The number of halogens is 4. The van der Waals surface area contributed by atoms with Gasteiger partial charge in [-0.15, -0.1) is 11.6 Å². The summed E-state index contributed by atoms with van der Waals surface area (Å²) in [6.07, 6.45) is 0. The van der Waals surface area contributed by atoms with Gasteiger partial charge in [-0.2, -0.15) is 0 Å². The summed E-state index contributed by atoms with van der Waals surface area (Å²) in [5.74, 6) is 0.690. The Hall–Kier alpha value is -0.910. The predicted octanol–water partition coefficient (Wildman–Crippen LogP) is 5.49. The number of rotatable bonds is 3. The van der Waals surface area contributed by atoms with Crippen LogP contribution in [0.25, 0.3) is 11.0 Å². The highest BCUT2D eigenvalue weighted by Gasteiger charge is 2.14. The van der Waals surface area contributed by atoms with Gasteiger partial charge >= 0.3 is 0 Å². The molecule has 108 valence electrons. The van der Waals surface area contributed by atoms with Crippen molar-refractivity contribution in [3.05, 3.63) is 62.5 Å². The van der Waals surface area contributed by atoms with Crippen LogP contribution in [0.4, 0.5) is 4.39 Å². The second-order valence-corrected chi connectivity index (χ2v) is 6.57. The maximum absolute atomic E-state index is 13.8. The van der Waals surface area contributed by atoms with E-state index in [1.54, 1.807) is 6.07 Å². The van der Waals surface area contributed by atoms with Gasteiger partial charge in [0.25, 0.3) is 0 Å². The lowest BCUT2D eigenvalue weighted by Gasteiger charge is -2.09. The average Bonchev–Trinajstić information content (AvgIpc) is 2.79. The van der Waals surface area contributed by atoms with Gasteiger partial charge < -0.3 is 4.57 Å². The summed E-state index contributed by atoms with van der Waals surface area (Å²) in [6.45, 7) is 0.584. The molecule has 0 aliphatic heterocycles. The van der Waals surface area contributed by atoms with Crippen LogP contribution in [0.15, 0.2) is 45.3 Å². The largest absolute Gasteiger partial charge is 0.322 e. The van der Waals surface area contributed by atoms with Crippen molar-refractivity contribution in [3.8, 4) is 0 Å². The van der Waals surface area contributed by atoms with Gasteiger partial charge in [0.2, 0.25) is 0 Å². The zero-order valence-electron chi connectivity index (χ0n) is 10.8. The number of fused-ring (bicyclic) bond motifs is 1. The van der Waals surface area contributed by atoms with E-state index in [0.29, 0.717) is 11.0 Å². The van der Waals surface area contributed by atoms with E-state index >= 15 is 0 Å². The molecule has 1 aromatic heterocycles. The Kier molecular flexibility index (Phi) is 4.33. The molecule has 0 fully saturated rings. The fraction of sp³-hybridized carbons (Fsp3) is 0.133. The lowest BCUT2D eigenvalue weighted by atomic mass is 10.2. The van der Waals surface area contributed by atoms with E-state index in [-0.39, 0.29) is 11.7 Å². The van der Waals surface area contributed by atoms with Crippen LogP contribution >= 0.6 is 43.5 Å². The summed E-state index contributed by atoms with van der Waals surface area (Å²) < 4.78 is 17.2. The Morgan fingerprint density at radius 2 is 1.90 bits per heavy atom. The molecule has 6 heteroatoms. The molecule has 0 unspecified atom stereocenters. The van der Waals surface area contributed by atoms with Gasteiger partial charge in [-0.3, -0.25) is 0 Å². The van der Waals surface area contributed by atoms with Gasteiger partial charge in [0.05, 0.1) is 27.9 Å². The van der Waals surface area contributed by atoms with Crippen LogP contribution in [0.3, 0.4) is 0 Å². The molecule has 0 aliphatic carbocycles. The van der Waals surface area contributed by atoms with E-state index in [9.17, 15) is 4.39 Å². The Morgan fingerprint density at radius 3 is 2.62 bits per heavy atom. The summed E-state index contributed by atoms with van der Waals surface area (Å²) >= 11 is 12.7. The number of hydrogen-bond donors (Lipinski definition) is 0. The smallest absolute Gasteiger partial charge is 0.139 e. The van der Waals surface area contributed by atoms with Gasteiger partial charge in [0.1, 0.15) is 11.6 Å². The first-order valence-electron chi connectivity index (χ1n) is 6.23. The summed E-state index contributed by atoms with van der Waals surface area (Å²) in [5.41, 5.74) is 2.56. The van der Waals surface area contributed by atoms with E-state index < -0.39 is 0 Å². The van der Waals surface area contributed by atoms with Crippen molar-refractivity contribution in [2.45, 2.75) is 12.4 Å². The van der Waals surface area contributed by atoms with Crippen molar-refractivity contribution in [1.82, 2.24) is 9.55 Å². The molecule has 3 aromatic rings. The third-order valence-corrected chi connectivity index (χ3v) is 4.90. The third kappa shape index (κ3) is 2.87. The molecule has 0 radical (unpaired) electrons. The van der Waals surface area contributed by atoms with Crippen molar-refractivity contribution in [2.24, 2.45) is 0 Å². The minimum Gasteiger partial charge on any atom is -0.322 e. The normalized spacial score (nSPS) is 11.2. The fourth-order valence-electron chi connectivity index (χ4n) is 2.25. The minimum atomic E-state index is -0.308. The van der Waals surface area contributed by atoms with Crippen molar-refractivity contribution < 1.29 is 4.39 Å². The highest BCUT2D eigenvalue weighted by molar-refractivity contribution is 9.10. The van der Waals surface area contributed by atoms with E-state index in [4.69, 9.17) is 11.6 Å². The second-order valence-electron chi connectivity index (χ2n) is 4.59. The molecule has 1 heterocycles. The number of alkyl halides is 1. The Balaban J connectivity index is 2.16. The summed E-state index contributed by atoms with van der Waals surface area (Å²) in [5, 5.41) is 0. The van der Waals surface area contributed by atoms with E-state index in [1.165, 1.54) is 6.07 Å². The Bertz CT molecular complexity index is 817. The molecule has 0 N–H and O–H groups in total. The Morgan fingerprint density at radius 1 is 1.14 bits per heavy atom. The summed E-state index contributed by atoms with van der Waals surface area (Å²) in [7, 11) is 0. The van der Waals surface area contributed by atoms with E-state index in [0.717, 1.165) is 26.9 Å². The number of benzene rings is 2. The quantitative estimate of drug-likeness (QED) is 0.501. The molecule has 0 aliphatic rings. The first-order chi connectivity index (χ1) is 10.1. The molecular weight excluding hydrogens is 422 g/mol. The third-order valence-electron chi connectivity index (χ3n) is 3.28. The number of imidazole rings is 1. The molecule has 0 saturated heterocycles. The fourth-order valence-corrected chi connectivity index (χ4v) is 3.19. The van der Waals surface area contributed by atoms with E-state index in [1.807, 2.05) is 28.8 Å². The molecule has 2 aromatic carbocycles. The van der Waals surface area contributed by atoms with Crippen LogP contribution in [-0.4, -0.2) is 9.55 Å². The predicted molar refractivity (Wildman–Crippen MR) is 90.2 cm³/mol. The highest BCUT2D eigenvalue weighted by Crippen LogP contribution is 2.27. The average molecular weight is 433 g/mol. The molecule has 0 saturated carbocycles. The van der Waals surface area contributed by atoms with Gasteiger partial charge in [-0.05, 0) is 33.6 Å². The molecule has 0 atom stereocenters. The first kappa shape index (κ1) is 15.0. The van der Waals surface area contributed by atoms with Crippen molar-refractivity contribution >= 4 is 54.5 Å². The topological polar surface area (TPSA) is 17.8 Å². The summed E-state index contributed by atoms with van der Waals surface area (Å²) in [6, 6.07) is 11.1. The lowest BCUT2D eigenvalue weighted by molar-refractivity contribution is 0.621. The molecule has 0 amide bonds. The standard InChI is InChI=1S/C15H10Br2ClFN2/c16-10-4-2-1-3-9(10)8-21-14-6-12(19)11(17)5-13(14)20-15(21)7-18/h1-6H,7-8H2. The van der Waals surface area contributed by atoms with Crippen LogP contribution < -0.4 is 0 Å². The maximum Gasteiger partial charge on any atom is 0.139 e. The van der Waals surface area contributed by atoms with Crippen LogP contribution in [-0.2, 0) is 12.4 Å². The number of nitrogens with zero attached hydrogens (tertiary/aromatic N) is 2. The lowest BCUT2D eigenvalue weighted by Crippen LogP contribution is -2.04. The molecule has 21 heavy (non-hydrogen) atoms. The second kappa shape index (κ2) is 6.07.